The fraction of sp³-hybridized carbons (Fsp3) is 0.263. The smallest absolute Gasteiger partial charge is 0.251 e. The predicted octanol–water partition coefficient (Wildman–Crippen LogP) is 2.43. The van der Waals surface area contributed by atoms with Crippen LogP contribution in [0, 0.1) is 13.8 Å². The zero-order valence-electron chi connectivity index (χ0n) is 15.1. The molecule has 1 aromatic carbocycles. The van der Waals surface area contributed by atoms with Gasteiger partial charge in [-0.3, -0.25) is 9.89 Å². The van der Waals surface area contributed by atoms with E-state index in [1.807, 2.05) is 51.1 Å². The Kier molecular flexibility index (Phi) is 4.97. The topological polar surface area (TPSA) is 110 Å². The highest BCUT2D eigenvalue weighted by Gasteiger charge is 2.13. The first-order chi connectivity index (χ1) is 12.4. The molecule has 0 aliphatic rings. The van der Waals surface area contributed by atoms with Crippen LogP contribution in [0.15, 0.2) is 36.4 Å². The standard InChI is InChI=1S/C19H22N6O/c1-11(7-16-8-13(3)24-25-16)21-18(26)15-6-4-5-14(10-15)17-9-12(2)22-19(20)23-17/h4-6,8-11H,7H2,1-3H3,(H,21,26)(H,24,25)(H2,20,22,23). The minimum absolute atomic E-state index is 0.0363. The zero-order chi connectivity index (χ0) is 18.7. The van der Waals surface area contributed by atoms with Crippen LogP contribution in [0.1, 0.15) is 34.4 Å². The lowest BCUT2D eigenvalue weighted by atomic mass is 10.1. The van der Waals surface area contributed by atoms with Gasteiger partial charge in [-0.15, -0.1) is 0 Å². The number of anilines is 1. The van der Waals surface area contributed by atoms with E-state index in [0.29, 0.717) is 17.7 Å². The van der Waals surface area contributed by atoms with Gasteiger partial charge < -0.3 is 11.1 Å². The number of aromatic nitrogens is 4. The third kappa shape index (κ3) is 4.24. The van der Waals surface area contributed by atoms with Crippen molar-refractivity contribution in [1.29, 1.82) is 0 Å². The number of nitrogens with zero attached hydrogens (tertiary/aromatic N) is 3. The molecule has 0 bridgehead atoms. The van der Waals surface area contributed by atoms with Gasteiger partial charge in [-0.2, -0.15) is 5.10 Å². The normalized spacial score (nSPS) is 12.0. The maximum Gasteiger partial charge on any atom is 0.251 e. The van der Waals surface area contributed by atoms with Gasteiger partial charge in [-0.05, 0) is 45.0 Å². The number of carbonyl (C=O) groups excluding carboxylic acids is 1. The molecule has 0 saturated heterocycles. The van der Waals surface area contributed by atoms with Crippen molar-refractivity contribution in [3.8, 4) is 11.3 Å². The van der Waals surface area contributed by atoms with Crippen LogP contribution in [0.25, 0.3) is 11.3 Å². The van der Waals surface area contributed by atoms with Gasteiger partial charge >= 0.3 is 0 Å². The molecule has 1 atom stereocenters. The van der Waals surface area contributed by atoms with Crippen molar-refractivity contribution < 1.29 is 4.79 Å². The van der Waals surface area contributed by atoms with Gasteiger partial charge in [0.1, 0.15) is 0 Å². The molecule has 0 fully saturated rings. The lowest BCUT2D eigenvalue weighted by molar-refractivity contribution is 0.0940. The Balaban J connectivity index is 1.73. The van der Waals surface area contributed by atoms with Crippen LogP contribution >= 0.6 is 0 Å². The maximum atomic E-state index is 12.6. The molecule has 3 rings (SSSR count). The van der Waals surface area contributed by atoms with E-state index in [4.69, 9.17) is 5.73 Å². The third-order valence-electron chi connectivity index (χ3n) is 3.94. The van der Waals surface area contributed by atoms with Gasteiger partial charge in [0, 0.05) is 35.0 Å². The highest BCUT2D eigenvalue weighted by atomic mass is 16.1. The number of nitrogen functional groups attached to an aromatic ring is 1. The summed E-state index contributed by atoms with van der Waals surface area (Å²) in [6, 6.07) is 11.1. The molecule has 0 aliphatic heterocycles. The number of hydrogen-bond donors (Lipinski definition) is 3. The van der Waals surface area contributed by atoms with E-state index >= 15 is 0 Å². The van der Waals surface area contributed by atoms with Crippen LogP contribution in [-0.2, 0) is 6.42 Å². The highest BCUT2D eigenvalue weighted by molar-refractivity contribution is 5.95. The van der Waals surface area contributed by atoms with Gasteiger partial charge in [0.25, 0.3) is 5.91 Å². The van der Waals surface area contributed by atoms with Crippen LogP contribution in [0.5, 0.6) is 0 Å². The summed E-state index contributed by atoms with van der Waals surface area (Å²) in [4.78, 5) is 20.9. The molecular formula is C19H22N6O. The Hall–Kier alpha value is -3.22. The van der Waals surface area contributed by atoms with Gasteiger partial charge in [0.15, 0.2) is 0 Å². The van der Waals surface area contributed by atoms with Crippen LogP contribution in [0.3, 0.4) is 0 Å². The first-order valence-electron chi connectivity index (χ1n) is 8.44. The summed E-state index contributed by atoms with van der Waals surface area (Å²) in [5, 5.41) is 10.1. The molecule has 2 heterocycles. The lowest BCUT2D eigenvalue weighted by Gasteiger charge is -2.13. The van der Waals surface area contributed by atoms with E-state index in [1.165, 1.54) is 0 Å². The number of rotatable bonds is 5. The Morgan fingerprint density at radius 1 is 1.23 bits per heavy atom. The molecule has 0 saturated carbocycles. The van der Waals surface area contributed by atoms with Gasteiger partial charge in [-0.25, -0.2) is 9.97 Å². The lowest BCUT2D eigenvalue weighted by Crippen LogP contribution is -2.34. The van der Waals surface area contributed by atoms with Gasteiger partial charge in [0.05, 0.1) is 11.4 Å². The van der Waals surface area contributed by atoms with Gasteiger partial charge in [-0.1, -0.05) is 12.1 Å². The number of nitrogens with two attached hydrogens (primary N) is 1. The molecule has 3 aromatic rings. The Morgan fingerprint density at radius 2 is 2.04 bits per heavy atom. The molecule has 7 heteroatoms. The maximum absolute atomic E-state index is 12.6. The third-order valence-corrected chi connectivity index (χ3v) is 3.94. The quantitative estimate of drug-likeness (QED) is 0.655. The Bertz CT molecular complexity index is 913. The molecule has 4 N–H and O–H groups in total. The van der Waals surface area contributed by atoms with E-state index in [0.717, 1.165) is 22.6 Å². The van der Waals surface area contributed by atoms with Crippen LogP contribution in [0.4, 0.5) is 5.95 Å². The van der Waals surface area contributed by atoms with Crippen LogP contribution in [-0.4, -0.2) is 32.1 Å². The highest BCUT2D eigenvalue weighted by Crippen LogP contribution is 2.20. The second-order valence-corrected chi connectivity index (χ2v) is 6.45. The summed E-state index contributed by atoms with van der Waals surface area (Å²) in [6.45, 7) is 5.77. The summed E-state index contributed by atoms with van der Waals surface area (Å²) >= 11 is 0. The second-order valence-electron chi connectivity index (χ2n) is 6.45. The van der Waals surface area contributed by atoms with Crippen LogP contribution < -0.4 is 11.1 Å². The molecule has 2 aromatic heterocycles. The number of benzene rings is 1. The monoisotopic (exact) mass is 350 g/mol. The number of aryl methyl sites for hydroxylation is 2. The number of hydrogen-bond acceptors (Lipinski definition) is 5. The summed E-state index contributed by atoms with van der Waals surface area (Å²) in [7, 11) is 0. The second kappa shape index (κ2) is 7.35. The fourth-order valence-electron chi connectivity index (χ4n) is 2.81. The van der Waals surface area contributed by atoms with E-state index in [9.17, 15) is 4.79 Å². The van der Waals surface area contributed by atoms with Crippen molar-refractivity contribution in [3.05, 3.63) is 59.0 Å². The SMILES string of the molecule is Cc1cc(-c2cccc(C(=O)NC(C)Cc3cc(C)[nH]n3)c2)nc(N)n1. The molecule has 0 aliphatic carbocycles. The number of aromatic amines is 1. The molecule has 1 unspecified atom stereocenters. The number of H-pyrrole nitrogens is 1. The van der Waals surface area contributed by atoms with Crippen molar-refractivity contribution >= 4 is 11.9 Å². The number of nitrogens with one attached hydrogen (secondary N) is 2. The van der Waals surface area contributed by atoms with Crippen molar-refractivity contribution in [3.63, 3.8) is 0 Å². The van der Waals surface area contributed by atoms with Crippen LogP contribution in [0.2, 0.25) is 0 Å². The molecule has 0 radical (unpaired) electrons. The van der Waals surface area contributed by atoms with E-state index in [2.05, 4.69) is 25.5 Å². The minimum atomic E-state index is -0.134. The van der Waals surface area contributed by atoms with Crippen molar-refractivity contribution in [2.24, 2.45) is 0 Å². The van der Waals surface area contributed by atoms with Crippen molar-refractivity contribution in [2.45, 2.75) is 33.2 Å². The molecule has 0 spiro atoms. The number of carbonyl (C=O) groups is 1. The average Bonchev–Trinajstić information content (AvgIpc) is 2.98. The molecular weight excluding hydrogens is 328 g/mol. The summed E-state index contributed by atoms with van der Waals surface area (Å²) in [5.41, 5.74) is 10.5. The van der Waals surface area contributed by atoms with E-state index in [1.54, 1.807) is 6.07 Å². The molecule has 134 valence electrons. The Labute approximate surface area is 152 Å². The average molecular weight is 350 g/mol. The fourth-order valence-corrected chi connectivity index (χ4v) is 2.81. The van der Waals surface area contributed by atoms with Gasteiger partial charge in [0.2, 0.25) is 5.95 Å². The number of amides is 1. The Morgan fingerprint density at radius 3 is 2.73 bits per heavy atom. The summed E-state index contributed by atoms with van der Waals surface area (Å²) in [5.74, 6) is 0.0862. The minimum Gasteiger partial charge on any atom is -0.368 e. The van der Waals surface area contributed by atoms with Crippen molar-refractivity contribution in [2.75, 3.05) is 5.73 Å². The largest absolute Gasteiger partial charge is 0.368 e. The zero-order valence-corrected chi connectivity index (χ0v) is 15.1. The first-order valence-corrected chi connectivity index (χ1v) is 8.44. The van der Waals surface area contributed by atoms with Crippen molar-refractivity contribution in [1.82, 2.24) is 25.5 Å². The first kappa shape index (κ1) is 17.6. The summed E-state index contributed by atoms with van der Waals surface area (Å²) in [6.07, 6.45) is 0.664. The molecule has 7 nitrogen and oxygen atoms in total. The van der Waals surface area contributed by atoms with E-state index < -0.39 is 0 Å². The predicted molar refractivity (Wildman–Crippen MR) is 101 cm³/mol. The summed E-state index contributed by atoms with van der Waals surface area (Å²) < 4.78 is 0. The van der Waals surface area contributed by atoms with E-state index in [-0.39, 0.29) is 17.9 Å². The molecule has 26 heavy (non-hydrogen) atoms. The molecule has 1 amide bonds.